The lowest BCUT2D eigenvalue weighted by Crippen LogP contribution is -2.51. The predicted octanol–water partition coefficient (Wildman–Crippen LogP) is 1.81. The van der Waals surface area contributed by atoms with E-state index in [-0.39, 0.29) is 11.8 Å². The van der Waals surface area contributed by atoms with Crippen LogP contribution in [-0.4, -0.2) is 36.9 Å². The standard InChI is InChI=1S/C16H22N2O3/c1-3-16(15(17)20)8-5-9-18(11-16)14(19)12-6-4-7-13(10-12)21-2/h4,6-7,10H,3,5,8-9,11H2,1-2H3,(H2,17,20). The van der Waals surface area contributed by atoms with Gasteiger partial charge in [0.2, 0.25) is 5.91 Å². The molecule has 21 heavy (non-hydrogen) atoms. The largest absolute Gasteiger partial charge is 0.497 e. The van der Waals surface area contributed by atoms with Crippen molar-refractivity contribution in [3.8, 4) is 5.75 Å². The van der Waals surface area contributed by atoms with E-state index in [1.807, 2.05) is 6.92 Å². The van der Waals surface area contributed by atoms with E-state index in [1.54, 1.807) is 36.3 Å². The maximum Gasteiger partial charge on any atom is 0.254 e. The van der Waals surface area contributed by atoms with E-state index in [4.69, 9.17) is 10.5 Å². The fourth-order valence-electron chi connectivity index (χ4n) is 2.91. The van der Waals surface area contributed by atoms with Crippen LogP contribution in [0.2, 0.25) is 0 Å². The van der Waals surface area contributed by atoms with Crippen molar-refractivity contribution in [3.05, 3.63) is 29.8 Å². The monoisotopic (exact) mass is 290 g/mol. The molecule has 1 unspecified atom stereocenters. The molecule has 0 spiro atoms. The number of methoxy groups -OCH3 is 1. The summed E-state index contributed by atoms with van der Waals surface area (Å²) in [6, 6.07) is 7.07. The Morgan fingerprint density at radius 2 is 2.19 bits per heavy atom. The second kappa shape index (κ2) is 6.16. The zero-order valence-corrected chi connectivity index (χ0v) is 12.6. The molecule has 114 valence electrons. The summed E-state index contributed by atoms with van der Waals surface area (Å²) in [5.41, 5.74) is 5.55. The van der Waals surface area contributed by atoms with Crippen molar-refractivity contribution in [2.75, 3.05) is 20.2 Å². The number of amides is 2. The highest BCUT2D eigenvalue weighted by atomic mass is 16.5. The number of nitrogens with zero attached hydrogens (tertiary/aromatic N) is 1. The summed E-state index contributed by atoms with van der Waals surface area (Å²) in [5, 5.41) is 0. The molecule has 1 saturated heterocycles. The number of ether oxygens (including phenoxy) is 1. The summed E-state index contributed by atoms with van der Waals surface area (Å²) < 4.78 is 5.15. The number of primary amides is 1. The number of hydrogen-bond donors (Lipinski definition) is 1. The van der Waals surface area contributed by atoms with E-state index >= 15 is 0 Å². The average molecular weight is 290 g/mol. The van der Waals surface area contributed by atoms with Gasteiger partial charge in [0.1, 0.15) is 5.75 Å². The van der Waals surface area contributed by atoms with E-state index in [0.717, 1.165) is 12.8 Å². The summed E-state index contributed by atoms with van der Waals surface area (Å²) >= 11 is 0. The van der Waals surface area contributed by atoms with Gasteiger partial charge in [-0.05, 0) is 37.5 Å². The number of carbonyl (C=O) groups is 2. The number of carbonyl (C=O) groups excluding carboxylic acids is 2. The first kappa shape index (κ1) is 15.4. The summed E-state index contributed by atoms with van der Waals surface area (Å²) in [7, 11) is 1.57. The van der Waals surface area contributed by atoms with Crippen LogP contribution in [0.15, 0.2) is 24.3 Å². The number of rotatable bonds is 4. The molecule has 1 heterocycles. The number of nitrogens with two attached hydrogens (primary N) is 1. The average Bonchev–Trinajstić information content (AvgIpc) is 2.54. The molecule has 1 aliphatic rings. The molecule has 1 aromatic rings. The lowest BCUT2D eigenvalue weighted by molar-refractivity contribution is -0.130. The molecule has 5 nitrogen and oxygen atoms in total. The first-order chi connectivity index (χ1) is 10.0. The number of likely N-dealkylation sites (tertiary alicyclic amines) is 1. The van der Waals surface area contributed by atoms with Crippen LogP contribution in [0, 0.1) is 5.41 Å². The van der Waals surface area contributed by atoms with Gasteiger partial charge in [0.15, 0.2) is 0 Å². The smallest absolute Gasteiger partial charge is 0.254 e. The van der Waals surface area contributed by atoms with Crippen LogP contribution in [0.3, 0.4) is 0 Å². The van der Waals surface area contributed by atoms with E-state index in [9.17, 15) is 9.59 Å². The minimum absolute atomic E-state index is 0.0762. The van der Waals surface area contributed by atoms with Gasteiger partial charge >= 0.3 is 0 Å². The van der Waals surface area contributed by atoms with E-state index in [1.165, 1.54) is 0 Å². The molecule has 0 radical (unpaired) electrons. The zero-order chi connectivity index (χ0) is 15.5. The summed E-state index contributed by atoms with van der Waals surface area (Å²) in [5.74, 6) is 0.260. The van der Waals surface area contributed by atoms with Gasteiger partial charge in [-0.1, -0.05) is 13.0 Å². The topological polar surface area (TPSA) is 72.6 Å². The molecule has 1 atom stereocenters. The van der Waals surface area contributed by atoms with Crippen molar-refractivity contribution in [2.24, 2.45) is 11.1 Å². The summed E-state index contributed by atoms with van der Waals surface area (Å²) in [6.45, 7) is 3.00. The minimum atomic E-state index is -0.590. The van der Waals surface area contributed by atoms with Crippen molar-refractivity contribution in [2.45, 2.75) is 26.2 Å². The van der Waals surface area contributed by atoms with E-state index < -0.39 is 5.41 Å². The molecule has 1 aromatic carbocycles. The molecular formula is C16H22N2O3. The van der Waals surface area contributed by atoms with E-state index in [2.05, 4.69) is 0 Å². The second-order valence-electron chi connectivity index (χ2n) is 5.56. The van der Waals surface area contributed by atoms with Crippen LogP contribution in [0.5, 0.6) is 5.75 Å². The minimum Gasteiger partial charge on any atom is -0.497 e. The quantitative estimate of drug-likeness (QED) is 0.919. The number of hydrogen-bond acceptors (Lipinski definition) is 3. The van der Waals surface area contributed by atoms with Gasteiger partial charge in [-0.2, -0.15) is 0 Å². The first-order valence-corrected chi connectivity index (χ1v) is 7.25. The fraction of sp³-hybridized carbons (Fsp3) is 0.500. The van der Waals surface area contributed by atoms with Gasteiger partial charge in [-0.25, -0.2) is 0 Å². The molecule has 2 rings (SSSR count). The van der Waals surface area contributed by atoms with Crippen LogP contribution in [0.1, 0.15) is 36.5 Å². The molecule has 5 heteroatoms. The van der Waals surface area contributed by atoms with E-state index in [0.29, 0.717) is 30.8 Å². The number of benzene rings is 1. The van der Waals surface area contributed by atoms with Crippen LogP contribution in [0.25, 0.3) is 0 Å². The fourth-order valence-corrected chi connectivity index (χ4v) is 2.91. The van der Waals surface area contributed by atoms with Crippen molar-refractivity contribution in [1.29, 1.82) is 0 Å². The van der Waals surface area contributed by atoms with Crippen molar-refractivity contribution in [3.63, 3.8) is 0 Å². The molecule has 0 aromatic heterocycles. The van der Waals surface area contributed by atoms with Gasteiger partial charge in [-0.3, -0.25) is 9.59 Å². The summed E-state index contributed by atoms with van der Waals surface area (Å²) in [4.78, 5) is 26.1. The Kier molecular flexibility index (Phi) is 4.50. The van der Waals surface area contributed by atoms with Crippen LogP contribution in [-0.2, 0) is 4.79 Å². The second-order valence-corrected chi connectivity index (χ2v) is 5.56. The van der Waals surface area contributed by atoms with Gasteiger partial charge < -0.3 is 15.4 Å². The highest BCUT2D eigenvalue weighted by molar-refractivity contribution is 5.95. The van der Waals surface area contributed by atoms with Gasteiger partial charge in [0, 0.05) is 18.7 Å². The van der Waals surface area contributed by atoms with Crippen LogP contribution in [0.4, 0.5) is 0 Å². The Bertz CT molecular complexity index is 544. The first-order valence-electron chi connectivity index (χ1n) is 7.25. The molecular weight excluding hydrogens is 268 g/mol. The summed E-state index contributed by atoms with van der Waals surface area (Å²) in [6.07, 6.45) is 2.21. The highest BCUT2D eigenvalue weighted by Crippen LogP contribution is 2.33. The SMILES string of the molecule is CCC1(C(N)=O)CCCN(C(=O)c2cccc(OC)c2)C1. The molecule has 2 N–H and O–H groups in total. The normalized spacial score (nSPS) is 21.9. The Hall–Kier alpha value is -2.04. The molecule has 2 amide bonds. The molecule has 0 bridgehead atoms. The Balaban J connectivity index is 2.20. The maximum atomic E-state index is 12.6. The van der Waals surface area contributed by atoms with Crippen molar-refractivity contribution in [1.82, 2.24) is 4.90 Å². The third kappa shape index (κ3) is 3.01. The van der Waals surface area contributed by atoms with Gasteiger partial charge in [0.25, 0.3) is 5.91 Å². The van der Waals surface area contributed by atoms with Crippen LogP contribution >= 0.6 is 0 Å². The third-order valence-corrected chi connectivity index (χ3v) is 4.38. The van der Waals surface area contributed by atoms with Crippen molar-refractivity contribution < 1.29 is 14.3 Å². The molecule has 1 aliphatic heterocycles. The Morgan fingerprint density at radius 1 is 1.43 bits per heavy atom. The molecule has 0 saturated carbocycles. The molecule has 1 fully saturated rings. The van der Waals surface area contributed by atoms with Gasteiger partial charge in [0.05, 0.1) is 12.5 Å². The third-order valence-electron chi connectivity index (χ3n) is 4.38. The predicted molar refractivity (Wildman–Crippen MR) is 80.0 cm³/mol. The van der Waals surface area contributed by atoms with Gasteiger partial charge in [-0.15, -0.1) is 0 Å². The van der Waals surface area contributed by atoms with Crippen molar-refractivity contribution >= 4 is 11.8 Å². The highest BCUT2D eigenvalue weighted by Gasteiger charge is 2.40. The number of piperidine rings is 1. The molecule has 0 aliphatic carbocycles. The lowest BCUT2D eigenvalue weighted by atomic mass is 9.77. The van der Waals surface area contributed by atoms with Crippen LogP contribution < -0.4 is 10.5 Å². The Labute approximate surface area is 125 Å². The zero-order valence-electron chi connectivity index (χ0n) is 12.6. The Morgan fingerprint density at radius 3 is 2.81 bits per heavy atom. The lowest BCUT2D eigenvalue weighted by Gasteiger charge is -2.40. The maximum absolute atomic E-state index is 12.6.